The average Bonchev–Trinajstić information content (AvgIpc) is 3.08. The average molecular weight is 347 g/mol. The van der Waals surface area contributed by atoms with E-state index < -0.39 is 0 Å². The molecule has 1 saturated heterocycles. The topological polar surface area (TPSA) is 41.1 Å². The summed E-state index contributed by atoms with van der Waals surface area (Å²) in [7, 11) is 0. The first-order valence-corrected chi connectivity index (χ1v) is 10.2. The van der Waals surface area contributed by atoms with E-state index in [0.717, 1.165) is 44.8 Å². The van der Waals surface area contributed by atoms with Crippen molar-refractivity contribution in [2.24, 2.45) is 5.92 Å². The van der Waals surface area contributed by atoms with Gasteiger partial charge >= 0.3 is 0 Å². The first-order valence-electron chi connectivity index (χ1n) is 9.43. The second-order valence-corrected chi connectivity index (χ2v) is 8.83. The number of rotatable bonds is 6. The van der Waals surface area contributed by atoms with Crippen molar-refractivity contribution in [3.8, 4) is 0 Å². The van der Waals surface area contributed by atoms with Gasteiger partial charge in [-0.1, -0.05) is 30.5 Å². The van der Waals surface area contributed by atoms with Crippen LogP contribution in [-0.2, 0) is 4.79 Å². The molecule has 1 aromatic carbocycles. The molecule has 3 rings (SSSR count). The van der Waals surface area contributed by atoms with Crippen molar-refractivity contribution >= 4 is 17.7 Å². The molecule has 1 saturated carbocycles. The maximum Gasteiger partial charge on any atom is 0.236 e. The zero-order chi connectivity index (χ0) is 16.8. The summed E-state index contributed by atoms with van der Waals surface area (Å²) in [6.07, 6.45) is 8.00. The Morgan fingerprint density at radius 2 is 2.00 bits per heavy atom. The molecule has 1 aliphatic heterocycles. The molecule has 3 nitrogen and oxygen atoms in total. The minimum absolute atomic E-state index is 0.250. The van der Waals surface area contributed by atoms with Crippen LogP contribution in [-0.4, -0.2) is 30.3 Å². The number of amides is 1. The van der Waals surface area contributed by atoms with Gasteiger partial charge in [-0.15, -0.1) is 11.8 Å². The van der Waals surface area contributed by atoms with Crippen molar-refractivity contribution in [1.82, 2.24) is 10.6 Å². The SMILES string of the molecule is Cc1ccc(SC2(C(=O)NCCC3CCCNC3)CCCC2)cc1. The number of carbonyl (C=O) groups excluding carboxylic acids is 1. The van der Waals surface area contributed by atoms with Gasteiger partial charge in [0.25, 0.3) is 0 Å². The summed E-state index contributed by atoms with van der Waals surface area (Å²) in [5.74, 6) is 0.984. The van der Waals surface area contributed by atoms with Crippen molar-refractivity contribution in [2.45, 2.75) is 61.5 Å². The highest BCUT2D eigenvalue weighted by atomic mass is 32.2. The number of hydrogen-bond donors (Lipinski definition) is 2. The Bertz CT molecular complexity index is 531. The van der Waals surface area contributed by atoms with Crippen LogP contribution in [0, 0.1) is 12.8 Å². The van der Waals surface area contributed by atoms with Gasteiger partial charge in [-0.25, -0.2) is 0 Å². The van der Waals surface area contributed by atoms with Crippen LogP contribution < -0.4 is 10.6 Å². The number of piperidine rings is 1. The predicted molar refractivity (Wildman–Crippen MR) is 101 cm³/mol. The highest BCUT2D eigenvalue weighted by molar-refractivity contribution is 8.01. The van der Waals surface area contributed by atoms with E-state index in [1.165, 1.54) is 36.1 Å². The van der Waals surface area contributed by atoms with Crippen molar-refractivity contribution in [3.63, 3.8) is 0 Å². The lowest BCUT2D eigenvalue weighted by Gasteiger charge is -2.28. The molecule has 1 heterocycles. The fourth-order valence-electron chi connectivity index (χ4n) is 3.87. The summed E-state index contributed by atoms with van der Waals surface area (Å²) >= 11 is 1.78. The Kier molecular flexibility index (Phi) is 6.23. The van der Waals surface area contributed by atoms with Crippen LogP contribution in [0.2, 0.25) is 0 Å². The van der Waals surface area contributed by atoms with E-state index in [1.807, 2.05) is 0 Å². The lowest BCUT2D eigenvalue weighted by molar-refractivity contribution is -0.123. The molecule has 4 heteroatoms. The van der Waals surface area contributed by atoms with Crippen molar-refractivity contribution in [1.29, 1.82) is 0 Å². The minimum atomic E-state index is -0.250. The monoisotopic (exact) mass is 346 g/mol. The maximum absolute atomic E-state index is 12.9. The summed E-state index contributed by atoms with van der Waals surface area (Å²) < 4.78 is -0.250. The van der Waals surface area contributed by atoms with Gasteiger partial charge in [0.05, 0.1) is 4.75 Å². The van der Waals surface area contributed by atoms with E-state index in [-0.39, 0.29) is 10.7 Å². The van der Waals surface area contributed by atoms with Crippen LogP contribution in [0.4, 0.5) is 0 Å². The normalized spacial score (nSPS) is 23.1. The number of carbonyl (C=O) groups is 1. The van der Waals surface area contributed by atoms with Crippen LogP contribution >= 0.6 is 11.8 Å². The Balaban J connectivity index is 1.55. The van der Waals surface area contributed by atoms with E-state index in [4.69, 9.17) is 0 Å². The van der Waals surface area contributed by atoms with Gasteiger partial charge in [0.1, 0.15) is 0 Å². The quantitative estimate of drug-likeness (QED) is 0.821. The van der Waals surface area contributed by atoms with Gasteiger partial charge in [0, 0.05) is 11.4 Å². The molecule has 1 amide bonds. The molecule has 0 radical (unpaired) electrons. The Hall–Kier alpha value is -1.00. The van der Waals surface area contributed by atoms with Gasteiger partial charge in [-0.2, -0.15) is 0 Å². The first kappa shape index (κ1) is 17.8. The number of aryl methyl sites for hydroxylation is 1. The van der Waals surface area contributed by atoms with Gasteiger partial charge in [0.15, 0.2) is 0 Å². The summed E-state index contributed by atoms with van der Waals surface area (Å²) in [6.45, 7) is 5.19. The maximum atomic E-state index is 12.9. The summed E-state index contributed by atoms with van der Waals surface area (Å²) in [5, 5.41) is 6.71. The Labute approximate surface area is 150 Å². The van der Waals surface area contributed by atoms with Gasteiger partial charge < -0.3 is 10.6 Å². The zero-order valence-electron chi connectivity index (χ0n) is 14.8. The van der Waals surface area contributed by atoms with Crippen LogP contribution in [0.5, 0.6) is 0 Å². The van der Waals surface area contributed by atoms with Crippen LogP contribution in [0.15, 0.2) is 29.2 Å². The summed E-state index contributed by atoms with van der Waals surface area (Å²) in [5.41, 5.74) is 1.27. The Morgan fingerprint density at radius 1 is 1.25 bits per heavy atom. The molecule has 0 spiro atoms. The first-order chi connectivity index (χ1) is 11.7. The molecular weight excluding hydrogens is 316 g/mol. The summed E-state index contributed by atoms with van der Waals surface area (Å²) in [4.78, 5) is 14.1. The molecule has 24 heavy (non-hydrogen) atoms. The molecule has 2 N–H and O–H groups in total. The second-order valence-electron chi connectivity index (χ2n) is 7.37. The molecule has 2 aliphatic rings. The Morgan fingerprint density at radius 3 is 2.67 bits per heavy atom. The fraction of sp³-hybridized carbons (Fsp3) is 0.650. The molecule has 2 fully saturated rings. The zero-order valence-corrected chi connectivity index (χ0v) is 15.6. The third-order valence-electron chi connectivity index (χ3n) is 5.40. The summed E-state index contributed by atoms with van der Waals surface area (Å²) in [6, 6.07) is 8.58. The van der Waals surface area contributed by atoms with Crippen LogP contribution in [0.25, 0.3) is 0 Å². The van der Waals surface area contributed by atoms with Crippen LogP contribution in [0.3, 0.4) is 0 Å². The fourth-order valence-corrected chi connectivity index (χ4v) is 5.26. The third-order valence-corrected chi connectivity index (χ3v) is 6.89. The number of nitrogens with one attached hydrogen (secondary N) is 2. The molecule has 0 aromatic heterocycles. The van der Waals surface area contributed by atoms with Gasteiger partial charge in [-0.05, 0) is 70.2 Å². The second kappa shape index (κ2) is 8.39. The number of thioether (sulfide) groups is 1. The molecule has 1 atom stereocenters. The molecule has 0 bridgehead atoms. The third kappa shape index (κ3) is 4.54. The van der Waals surface area contributed by atoms with Gasteiger partial charge in [-0.3, -0.25) is 4.79 Å². The van der Waals surface area contributed by atoms with E-state index in [0.29, 0.717) is 0 Å². The van der Waals surface area contributed by atoms with E-state index in [1.54, 1.807) is 11.8 Å². The van der Waals surface area contributed by atoms with Crippen molar-refractivity contribution < 1.29 is 4.79 Å². The van der Waals surface area contributed by atoms with Crippen molar-refractivity contribution in [2.75, 3.05) is 19.6 Å². The van der Waals surface area contributed by atoms with Crippen LogP contribution in [0.1, 0.15) is 50.5 Å². The van der Waals surface area contributed by atoms with E-state index >= 15 is 0 Å². The molecule has 1 unspecified atom stereocenters. The number of benzene rings is 1. The minimum Gasteiger partial charge on any atom is -0.355 e. The highest BCUT2D eigenvalue weighted by Crippen LogP contribution is 2.45. The van der Waals surface area contributed by atoms with Crippen molar-refractivity contribution in [3.05, 3.63) is 29.8 Å². The molecule has 1 aromatic rings. The highest BCUT2D eigenvalue weighted by Gasteiger charge is 2.42. The van der Waals surface area contributed by atoms with Gasteiger partial charge in [0.2, 0.25) is 5.91 Å². The largest absolute Gasteiger partial charge is 0.355 e. The standard InChI is InChI=1S/C20H30N2OS/c1-16-6-8-18(9-7-16)24-20(11-2-3-12-20)19(23)22-14-10-17-5-4-13-21-15-17/h6-9,17,21H,2-5,10-15H2,1H3,(H,22,23). The lowest BCUT2D eigenvalue weighted by Crippen LogP contribution is -2.43. The predicted octanol–water partition coefficient (Wildman–Crippen LogP) is 3.91. The number of hydrogen-bond acceptors (Lipinski definition) is 3. The van der Waals surface area contributed by atoms with E-state index in [9.17, 15) is 4.79 Å². The smallest absolute Gasteiger partial charge is 0.236 e. The molecular formula is C20H30N2OS. The molecule has 1 aliphatic carbocycles. The van der Waals surface area contributed by atoms with E-state index in [2.05, 4.69) is 41.8 Å². The lowest BCUT2D eigenvalue weighted by atomic mass is 9.96. The molecule has 132 valence electrons.